The van der Waals surface area contributed by atoms with E-state index in [2.05, 4.69) is 10.6 Å². The van der Waals surface area contributed by atoms with Gasteiger partial charge < -0.3 is 10.1 Å². The first kappa shape index (κ1) is 18.3. The number of anilines is 1. The third-order valence-electron chi connectivity index (χ3n) is 3.91. The number of benzene rings is 3. The summed E-state index contributed by atoms with van der Waals surface area (Å²) in [5.41, 5.74) is 0.794. The van der Waals surface area contributed by atoms with Crippen molar-refractivity contribution in [1.82, 2.24) is 5.32 Å². The summed E-state index contributed by atoms with van der Waals surface area (Å²) in [6.07, 6.45) is 0. The molecule has 0 spiro atoms. The number of ether oxygens (including phenoxy) is 1. The topological polar surface area (TPSA) is 93.5 Å². The fraction of sp³-hybridized carbons (Fsp3) is 0.0526. The molecule has 0 bridgehead atoms. The van der Waals surface area contributed by atoms with Crippen LogP contribution in [0.3, 0.4) is 0 Å². The summed E-state index contributed by atoms with van der Waals surface area (Å²) >= 11 is 5.19. The second kappa shape index (κ2) is 7.79. The fourth-order valence-electron chi connectivity index (χ4n) is 2.64. The van der Waals surface area contributed by atoms with Crippen LogP contribution in [0.2, 0.25) is 0 Å². The van der Waals surface area contributed by atoms with E-state index in [1.54, 1.807) is 12.1 Å². The van der Waals surface area contributed by atoms with Crippen molar-refractivity contribution < 1.29 is 14.5 Å². The van der Waals surface area contributed by atoms with Gasteiger partial charge in [0.2, 0.25) is 0 Å². The molecular weight excluding hydrogens is 366 g/mol. The Kier molecular flexibility index (Phi) is 5.28. The van der Waals surface area contributed by atoms with Crippen LogP contribution in [-0.2, 0) is 0 Å². The second-order valence-electron chi connectivity index (χ2n) is 5.58. The highest BCUT2D eigenvalue weighted by molar-refractivity contribution is 7.80. The normalized spacial score (nSPS) is 10.3. The smallest absolute Gasteiger partial charge is 0.273 e. The molecule has 3 rings (SSSR count). The van der Waals surface area contributed by atoms with Crippen molar-refractivity contribution in [2.75, 3.05) is 12.4 Å². The standard InChI is InChI=1S/C19H15N3O4S/c1-26-17-11-13(22(24)25)9-10-16(17)20-19(27)21-18(23)15-8-4-6-12-5-2-3-7-14(12)15/h2-11H,1H3,(H2,20,21,23,27). The summed E-state index contributed by atoms with van der Waals surface area (Å²) in [4.78, 5) is 22.9. The third-order valence-corrected chi connectivity index (χ3v) is 4.11. The number of hydrogen-bond acceptors (Lipinski definition) is 5. The Balaban J connectivity index is 1.78. The maximum atomic E-state index is 12.6. The monoisotopic (exact) mass is 381 g/mol. The molecule has 2 N–H and O–H groups in total. The van der Waals surface area contributed by atoms with E-state index in [-0.39, 0.29) is 22.5 Å². The Morgan fingerprint density at radius 2 is 1.85 bits per heavy atom. The quantitative estimate of drug-likeness (QED) is 0.405. The molecule has 0 saturated carbocycles. The van der Waals surface area contributed by atoms with Crippen molar-refractivity contribution in [3.63, 3.8) is 0 Å². The zero-order chi connectivity index (χ0) is 19.4. The first-order valence-electron chi connectivity index (χ1n) is 7.92. The van der Waals surface area contributed by atoms with Crippen molar-refractivity contribution >= 4 is 45.4 Å². The van der Waals surface area contributed by atoms with Gasteiger partial charge in [0, 0.05) is 11.6 Å². The summed E-state index contributed by atoms with van der Waals surface area (Å²) in [5, 5.41) is 18.1. The Hall–Kier alpha value is -3.52. The van der Waals surface area contributed by atoms with Crippen LogP contribution in [0.4, 0.5) is 11.4 Å². The Labute approximate surface area is 160 Å². The van der Waals surface area contributed by atoms with Crippen molar-refractivity contribution in [2.45, 2.75) is 0 Å². The van der Waals surface area contributed by atoms with E-state index in [1.165, 1.54) is 25.3 Å². The van der Waals surface area contributed by atoms with Gasteiger partial charge in [-0.25, -0.2) is 0 Å². The largest absolute Gasteiger partial charge is 0.494 e. The molecule has 1 amide bonds. The van der Waals surface area contributed by atoms with Gasteiger partial charge in [-0.2, -0.15) is 0 Å². The van der Waals surface area contributed by atoms with Crippen LogP contribution in [-0.4, -0.2) is 23.1 Å². The number of nitro benzene ring substituents is 1. The SMILES string of the molecule is COc1cc([N+](=O)[O-])ccc1NC(=S)NC(=O)c1cccc2ccccc12. The average molecular weight is 381 g/mol. The number of nitrogens with zero attached hydrogens (tertiary/aromatic N) is 1. The van der Waals surface area contributed by atoms with Crippen LogP contribution in [0.1, 0.15) is 10.4 Å². The van der Waals surface area contributed by atoms with E-state index in [4.69, 9.17) is 17.0 Å². The number of hydrogen-bond donors (Lipinski definition) is 2. The fourth-order valence-corrected chi connectivity index (χ4v) is 2.85. The van der Waals surface area contributed by atoms with Gasteiger partial charge in [0.15, 0.2) is 5.11 Å². The molecule has 8 heteroatoms. The van der Waals surface area contributed by atoms with Crippen LogP contribution in [0.15, 0.2) is 60.7 Å². The average Bonchev–Trinajstić information content (AvgIpc) is 2.67. The van der Waals surface area contributed by atoms with Crippen LogP contribution in [0.5, 0.6) is 5.75 Å². The molecule has 136 valence electrons. The zero-order valence-corrected chi connectivity index (χ0v) is 15.1. The third kappa shape index (κ3) is 4.01. The predicted molar refractivity (Wildman–Crippen MR) is 107 cm³/mol. The molecule has 27 heavy (non-hydrogen) atoms. The molecule has 3 aromatic rings. The van der Waals surface area contributed by atoms with Gasteiger partial charge in [0.05, 0.1) is 23.8 Å². The molecule has 0 aliphatic rings. The summed E-state index contributed by atoms with van der Waals surface area (Å²) in [5.74, 6) is -0.115. The number of carbonyl (C=O) groups excluding carboxylic acids is 1. The predicted octanol–water partition coefficient (Wildman–Crippen LogP) is 3.88. The van der Waals surface area contributed by atoms with Gasteiger partial charge in [-0.3, -0.25) is 20.2 Å². The molecule has 0 heterocycles. The van der Waals surface area contributed by atoms with Gasteiger partial charge in [0.1, 0.15) is 5.75 Å². The molecule has 0 aromatic heterocycles. The molecule has 0 aliphatic carbocycles. The van der Waals surface area contributed by atoms with E-state index in [0.29, 0.717) is 11.3 Å². The zero-order valence-electron chi connectivity index (χ0n) is 14.3. The Bertz CT molecular complexity index is 1050. The van der Waals surface area contributed by atoms with Crippen molar-refractivity contribution in [3.8, 4) is 5.75 Å². The number of amides is 1. The van der Waals surface area contributed by atoms with Crippen molar-refractivity contribution in [3.05, 3.63) is 76.3 Å². The molecule has 3 aromatic carbocycles. The Morgan fingerprint density at radius 3 is 2.59 bits per heavy atom. The van der Waals surface area contributed by atoms with Crippen LogP contribution >= 0.6 is 12.2 Å². The molecule has 0 aliphatic heterocycles. The molecular formula is C19H15N3O4S. The minimum Gasteiger partial charge on any atom is -0.494 e. The van der Waals surface area contributed by atoms with E-state index in [9.17, 15) is 14.9 Å². The lowest BCUT2D eigenvalue weighted by molar-refractivity contribution is -0.384. The number of nitrogens with one attached hydrogen (secondary N) is 2. The lowest BCUT2D eigenvalue weighted by Gasteiger charge is -2.13. The second-order valence-corrected chi connectivity index (χ2v) is 5.98. The summed E-state index contributed by atoms with van der Waals surface area (Å²) in [6.45, 7) is 0. The molecule has 0 radical (unpaired) electrons. The molecule has 0 saturated heterocycles. The minimum atomic E-state index is -0.521. The lowest BCUT2D eigenvalue weighted by atomic mass is 10.0. The first-order chi connectivity index (χ1) is 13.0. The van der Waals surface area contributed by atoms with Crippen LogP contribution in [0, 0.1) is 10.1 Å². The first-order valence-corrected chi connectivity index (χ1v) is 8.33. The number of fused-ring (bicyclic) bond motifs is 1. The number of thiocarbonyl (C=S) groups is 1. The number of methoxy groups -OCH3 is 1. The van der Waals surface area contributed by atoms with Crippen LogP contribution in [0.25, 0.3) is 10.8 Å². The van der Waals surface area contributed by atoms with E-state index in [0.717, 1.165) is 10.8 Å². The van der Waals surface area contributed by atoms with E-state index < -0.39 is 4.92 Å². The van der Waals surface area contributed by atoms with Crippen molar-refractivity contribution in [2.24, 2.45) is 0 Å². The van der Waals surface area contributed by atoms with Gasteiger partial charge in [0.25, 0.3) is 11.6 Å². The molecule has 7 nitrogen and oxygen atoms in total. The number of carbonyl (C=O) groups is 1. The van der Waals surface area contributed by atoms with Gasteiger partial charge in [-0.1, -0.05) is 36.4 Å². The summed E-state index contributed by atoms with van der Waals surface area (Å²) < 4.78 is 5.15. The minimum absolute atomic E-state index is 0.0556. The maximum Gasteiger partial charge on any atom is 0.273 e. The van der Waals surface area contributed by atoms with Gasteiger partial charge >= 0.3 is 0 Å². The van der Waals surface area contributed by atoms with Gasteiger partial charge in [-0.15, -0.1) is 0 Å². The highest BCUT2D eigenvalue weighted by atomic mass is 32.1. The van der Waals surface area contributed by atoms with Gasteiger partial charge in [-0.05, 0) is 35.1 Å². The van der Waals surface area contributed by atoms with Crippen molar-refractivity contribution in [1.29, 1.82) is 0 Å². The van der Waals surface area contributed by atoms with Crippen LogP contribution < -0.4 is 15.4 Å². The number of non-ortho nitro benzene ring substituents is 1. The highest BCUT2D eigenvalue weighted by Crippen LogP contribution is 2.29. The number of nitro groups is 1. The highest BCUT2D eigenvalue weighted by Gasteiger charge is 2.15. The molecule has 0 unspecified atom stereocenters. The number of rotatable bonds is 4. The van der Waals surface area contributed by atoms with E-state index in [1.807, 2.05) is 30.3 Å². The summed E-state index contributed by atoms with van der Waals surface area (Å²) in [6, 6.07) is 17.0. The summed E-state index contributed by atoms with van der Waals surface area (Å²) in [7, 11) is 1.39. The molecule has 0 atom stereocenters. The maximum absolute atomic E-state index is 12.6. The molecule has 0 fully saturated rings. The lowest BCUT2D eigenvalue weighted by Crippen LogP contribution is -2.34. The van der Waals surface area contributed by atoms with E-state index >= 15 is 0 Å². The Morgan fingerprint density at radius 1 is 1.11 bits per heavy atom.